The lowest BCUT2D eigenvalue weighted by Crippen LogP contribution is -1.97. The maximum absolute atomic E-state index is 10.6. The third-order valence-corrected chi connectivity index (χ3v) is 3.33. The monoisotopic (exact) mass is 341 g/mol. The number of aromatic hydroxyl groups is 1. The molecular weight excluding hydrogens is 322 g/mol. The molecule has 0 unspecified atom stereocenters. The second-order valence-electron chi connectivity index (χ2n) is 5.13. The molecule has 0 heterocycles. The van der Waals surface area contributed by atoms with Gasteiger partial charge >= 0.3 is 0 Å². The lowest BCUT2D eigenvalue weighted by Gasteiger charge is -2.10. The van der Waals surface area contributed by atoms with Crippen LogP contribution in [0.4, 0.5) is 11.4 Å². The van der Waals surface area contributed by atoms with Crippen molar-refractivity contribution in [2.45, 2.75) is 13.3 Å². The van der Waals surface area contributed by atoms with Crippen molar-refractivity contribution in [3.63, 3.8) is 0 Å². The zero-order valence-electron chi connectivity index (χ0n) is 13.8. The molecule has 0 aromatic heterocycles. The molecule has 0 saturated carbocycles. The molecule has 0 amide bonds. The number of allylic oxidation sites excluding steroid dienone is 1. The molecule has 2 aromatic carbocycles. The van der Waals surface area contributed by atoms with Crippen molar-refractivity contribution in [1.82, 2.24) is 0 Å². The van der Waals surface area contributed by atoms with Crippen molar-refractivity contribution in [3.8, 4) is 11.5 Å². The van der Waals surface area contributed by atoms with Gasteiger partial charge in [-0.3, -0.25) is 15.5 Å². The summed E-state index contributed by atoms with van der Waals surface area (Å²) >= 11 is 0. The van der Waals surface area contributed by atoms with Crippen LogP contribution >= 0.6 is 0 Å². The highest BCUT2D eigenvalue weighted by atomic mass is 16.6. The Bertz CT molecular complexity index is 786. The van der Waals surface area contributed by atoms with Crippen LogP contribution in [0.5, 0.6) is 11.5 Å². The second kappa shape index (κ2) is 8.49. The summed E-state index contributed by atoms with van der Waals surface area (Å²) in [7, 11) is 0. The minimum Gasteiger partial charge on any atom is -0.504 e. The first-order valence-corrected chi connectivity index (χ1v) is 7.68. The first-order valence-electron chi connectivity index (χ1n) is 7.68. The summed E-state index contributed by atoms with van der Waals surface area (Å²) in [6, 6.07) is 9.41. The van der Waals surface area contributed by atoms with E-state index in [0.717, 1.165) is 5.56 Å². The predicted octanol–water partition coefficient (Wildman–Crippen LogP) is 3.87. The highest BCUT2D eigenvalue weighted by Crippen LogP contribution is 2.32. The predicted molar refractivity (Wildman–Crippen MR) is 97.5 cm³/mol. The van der Waals surface area contributed by atoms with E-state index in [1.165, 1.54) is 12.1 Å². The number of nitrogens with zero attached hydrogens (tertiary/aromatic N) is 2. The number of ether oxygens (including phenoxy) is 1. The van der Waals surface area contributed by atoms with Gasteiger partial charge in [-0.05, 0) is 43.2 Å². The van der Waals surface area contributed by atoms with Gasteiger partial charge in [-0.2, -0.15) is 5.10 Å². The number of hydrazone groups is 1. The average Bonchev–Trinajstić information content (AvgIpc) is 2.59. The fraction of sp³-hybridized carbons (Fsp3) is 0.167. The van der Waals surface area contributed by atoms with Crippen molar-refractivity contribution in [1.29, 1.82) is 0 Å². The highest BCUT2D eigenvalue weighted by Gasteiger charge is 2.09. The van der Waals surface area contributed by atoms with E-state index >= 15 is 0 Å². The molecule has 0 fully saturated rings. The van der Waals surface area contributed by atoms with Crippen LogP contribution in [0.25, 0.3) is 0 Å². The third-order valence-electron chi connectivity index (χ3n) is 3.33. The van der Waals surface area contributed by atoms with Gasteiger partial charge in [0.05, 0.1) is 23.4 Å². The maximum atomic E-state index is 10.6. The lowest BCUT2D eigenvalue weighted by atomic mass is 10.1. The van der Waals surface area contributed by atoms with Crippen LogP contribution in [-0.4, -0.2) is 22.9 Å². The molecule has 0 aliphatic rings. The number of nitro groups is 1. The van der Waals surface area contributed by atoms with Crippen molar-refractivity contribution in [3.05, 3.63) is 70.3 Å². The molecule has 25 heavy (non-hydrogen) atoms. The summed E-state index contributed by atoms with van der Waals surface area (Å²) in [4.78, 5) is 10.2. The molecule has 0 aliphatic carbocycles. The number of hydrogen-bond donors (Lipinski definition) is 2. The van der Waals surface area contributed by atoms with E-state index in [-0.39, 0.29) is 11.4 Å². The number of anilines is 1. The maximum Gasteiger partial charge on any atom is 0.269 e. The molecule has 0 spiro atoms. The van der Waals surface area contributed by atoms with Gasteiger partial charge < -0.3 is 9.84 Å². The smallest absolute Gasteiger partial charge is 0.269 e. The second-order valence-corrected chi connectivity index (χ2v) is 5.13. The zero-order chi connectivity index (χ0) is 18.2. The van der Waals surface area contributed by atoms with Crippen LogP contribution in [0.3, 0.4) is 0 Å². The van der Waals surface area contributed by atoms with Gasteiger partial charge in [-0.1, -0.05) is 6.08 Å². The van der Waals surface area contributed by atoms with Crippen LogP contribution in [0, 0.1) is 10.1 Å². The number of non-ortho nitro benzene ring substituents is 1. The molecule has 0 saturated heterocycles. The Kier molecular flexibility index (Phi) is 6.11. The molecule has 2 N–H and O–H groups in total. The van der Waals surface area contributed by atoms with Crippen molar-refractivity contribution in [2.24, 2.45) is 5.10 Å². The largest absolute Gasteiger partial charge is 0.504 e. The van der Waals surface area contributed by atoms with Crippen molar-refractivity contribution >= 4 is 17.6 Å². The Labute approximate surface area is 145 Å². The van der Waals surface area contributed by atoms with Crippen molar-refractivity contribution < 1.29 is 14.8 Å². The quantitative estimate of drug-likeness (QED) is 0.329. The normalized spacial score (nSPS) is 10.6. The van der Waals surface area contributed by atoms with Gasteiger partial charge in [-0.25, -0.2) is 0 Å². The molecule has 0 atom stereocenters. The number of benzene rings is 2. The topological polar surface area (TPSA) is 97.0 Å². The SMILES string of the molecule is C=CCc1cc(C=NNc2ccc([N+](=O)[O-])cc2)cc(OCC)c1O. The van der Waals surface area contributed by atoms with Crippen molar-refractivity contribution in [2.75, 3.05) is 12.0 Å². The highest BCUT2D eigenvalue weighted by molar-refractivity contribution is 5.82. The number of nitro benzene ring substituents is 1. The number of nitrogens with one attached hydrogen (secondary N) is 1. The lowest BCUT2D eigenvalue weighted by molar-refractivity contribution is -0.384. The summed E-state index contributed by atoms with van der Waals surface area (Å²) in [6.45, 7) is 5.95. The van der Waals surface area contributed by atoms with E-state index in [2.05, 4.69) is 17.1 Å². The van der Waals surface area contributed by atoms with Gasteiger partial charge in [-0.15, -0.1) is 6.58 Å². The van der Waals surface area contributed by atoms with E-state index in [1.807, 2.05) is 6.92 Å². The van der Waals surface area contributed by atoms with Gasteiger partial charge in [0.25, 0.3) is 5.69 Å². The molecule has 0 radical (unpaired) electrons. The molecule has 0 bridgehead atoms. The van der Waals surface area contributed by atoms with Gasteiger partial charge in [0.1, 0.15) is 0 Å². The van der Waals surface area contributed by atoms with E-state index < -0.39 is 4.92 Å². The van der Waals surface area contributed by atoms with Gasteiger partial charge in [0.2, 0.25) is 0 Å². The Hall–Kier alpha value is -3.35. The Morgan fingerprint density at radius 2 is 2.08 bits per heavy atom. The Morgan fingerprint density at radius 3 is 2.68 bits per heavy atom. The number of phenolic OH excluding ortho intramolecular Hbond substituents is 1. The summed E-state index contributed by atoms with van der Waals surface area (Å²) in [5.41, 5.74) is 4.87. The minimum atomic E-state index is -0.458. The van der Waals surface area contributed by atoms with E-state index in [0.29, 0.717) is 30.0 Å². The third kappa shape index (κ3) is 4.81. The van der Waals surface area contributed by atoms with Crippen LogP contribution in [0.15, 0.2) is 54.2 Å². The van der Waals surface area contributed by atoms with Crippen LogP contribution in [0.2, 0.25) is 0 Å². The minimum absolute atomic E-state index is 0.0171. The molecule has 7 nitrogen and oxygen atoms in total. The summed E-state index contributed by atoms with van der Waals surface area (Å²) in [6.07, 6.45) is 3.78. The summed E-state index contributed by atoms with van der Waals surface area (Å²) in [5, 5.41) is 24.9. The molecule has 2 rings (SSSR count). The van der Waals surface area contributed by atoms with E-state index in [4.69, 9.17) is 4.74 Å². The molecule has 0 aliphatic heterocycles. The number of hydrogen-bond acceptors (Lipinski definition) is 6. The number of rotatable bonds is 8. The zero-order valence-corrected chi connectivity index (χ0v) is 13.8. The van der Waals surface area contributed by atoms with Gasteiger partial charge in [0.15, 0.2) is 11.5 Å². The van der Waals surface area contributed by atoms with Crippen LogP contribution in [0.1, 0.15) is 18.1 Å². The molecule has 130 valence electrons. The summed E-state index contributed by atoms with van der Waals surface area (Å²) in [5.74, 6) is 0.487. The van der Waals surface area contributed by atoms with E-state index in [9.17, 15) is 15.2 Å². The molecule has 7 heteroatoms. The fourth-order valence-electron chi connectivity index (χ4n) is 2.18. The van der Waals surface area contributed by atoms with Crippen LogP contribution < -0.4 is 10.2 Å². The van der Waals surface area contributed by atoms with Crippen LogP contribution in [-0.2, 0) is 6.42 Å². The number of phenols is 1. The standard InChI is InChI=1S/C18H19N3O4/c1-3-5-14-10-13(11-17(18(14)22)25-4-2)12-19-20-15-6-8-16(9-7-15)21(23)24/h3,6-12,20,22H,1,4-5H2,2H3. The average molecular weight is 341 g/mol. The summed E-state index contributed by atoms with van der Waals surface area (Å²) < 4.78 is 5.43. The molecular formula is C18H19N3O4. The molecule has 2 aromatic rings. The Morgan fingerprint density at radius 1 is 1.36 bits per heavy atom. The van der Waals surface area contributed by atoms with Gasteiger partial charge in [0, 0.05) is 17.7 Å². The first kappa shape index (κ1) is 18.0. The van der Waals surface area contributed by atoms with E-state index in [1.54, 1.807) is 36.6 Å². The Balaban J connectivity index is 2.16. The fourth-order valence-corrected chi connectivity index (χ4v) is 2.18. The first-order chi connectivity index (χ1) is 12.0.